The molecule has 0 heterocycles. The Kier molecular flexibility index (Phi) is 7.02. The van der Waals surface area contributed by atoms with Crippen molar-refractivity contribution in [2.45, 2.75) is 25.7 Å². The van der Waals surface area contributed by atoms with Crippen LogP contribution in [0.15, 0.2) is 60.7 Å². The van der Waals surface area contributed by atoms with Crippen LogP contribution >= 0.6 is 0 Å². The van der Waals surface area contributed by atoms with Crippen LogP contribution in [0.5, 0.6) is 0 Å². The van der Waals surface area contributed by atoms with E-state index in [2.05, 4.69) is 5.32 Å². The molecule has 2 aromatic rings. The standard InChI is InChI=1S/C20H23NO3/c1-2-24-18(22)14-9-15-21-20(23)19(16-10-5-3-6-11-16)17-12-7-4-8-13-17/h3-8,10-13,19H,2,9,14-15H2,1H3,(H,21,23). The van der Waals surface area contributed by atoms with Crippen molar-refractivity contribution in [2.24, 2.45) is 0 Å². The summed E-state index contributed by atoms with van der Waals surface area (Å²) in [4.78, 5) is 24.0. The Hall–Kier alpha value is -2.62. The molecule has 0 unspecified atom stereocenters. The Morgan fingerprint density at radius 3 is 2.00 bits per heavy atom. The molecule has 0 bridgehead atoms. The first-order chi connectivity index (χ1) is 11.7. The van der Waals surface area contributed by atoms with E-state index in [1.54, 1.807) is 6.92 Å². The van der Waals surface area contributed by atoms with Crippen molar-refractivity contribution in [3.63, 3.8) is 0 Å². The van der Waals surface area contributed by atoms with Gasteiger partial charge in [-0.25, -0.2) is 0 Å². The van der Waals surface area contributed by atoms with Crippen LogP contribution in [0.2, 0.25) is 0 Å². The molecule has 4 heteroatoms. The van der Waals surface area contributed by atoms with Crippen molar-refractivity contribution in [3.8, 4) is 0 Å². The van der Waals surface area contributed by atoms with Crippen LogP contribution in [0.4, 0.5) is 0 Å². The number of carbonyl (C=O) groups is 2. The number of carbonyl (C=O) groups excluding carboxylic acids is 2. The van der Waals surface area contributed by atoms with Crippen LogP contribution < -0.4 is 5.32 Å². The molecule has 126 valence electrons. The van der Waals surface area contributed by atoms with Crippen molar-refractivity contribution in [1.82, 2.24) is 5.32 Å². The molecule has 1 amide bonds. The predicted molar refractivity (Wildman–Crippen MR) is 93.6 cm³/mol. The van der Waals surface area contributed by atoms with Crippen molar-refractivity contribution >= 4 is 11.9 Å². The Balaban J connectivity index is 2.00. The molecule has 0 atom stereocenters. The highest BCUT2D eigenvalue weighted by Crippen LogP contribution is 2.24. The van der Waals surface area contributed by atoms with E-state index >= 15 is 0 Å². The molecule has 0 radical (unpaired) electrons. The van der Waals surface area contributed by atoms with Crippen LogP contribution in [-0.4, -0.2) is 25.0 Å². The van der Waals surface area contributed by atoms with Crippen LogP contribution in [0.3, 0.4) is 0 Å². The largest absolute Gasteiger partial charge is 0.466 e. The minimum absolute atomic E-state index is 0.0590. The summed E-state index contributed by atoms with van der Waals surface area (Å²) < 4.78 is 4.88. The van der Waals surface area contributed by atoms with Crippen molar-refractivity contribution in [1.29, 1.82) is 0 Å². The first-order valence-corrected chi connectivity index (χ1v) is 8.25. The van der Waals surface area contributed by atoms with Gasteiger partial charge in [-0.3, -0.25) is 9.59 Å². The SMILES string of the molecule is CCOC(=O)CCCNC(=O)C(c1ccccc1)c1ccccc1. The Labute approximate surface area is 142 Å². The Morgan fingerprint density at radius 2 is 1.50 bits per heavy atom. The first kappa shape index (κ1) is 17.7. The molecule has 0 aromatic heterocycles. The number of esters is 1. The summed E-state index contributed by atoms with van der Waals surface area (Å²) in [5.41, 5.74) is 1.90. The lowest BCUT2D eigenvalue weighted by molar-refractivity contribution is -0.143. The molecule has 0 aliphatic heterocycles. The second-order valence-corrected chi connectivity index (χ2v) is 5.45. The van der Waals surface area contributed by atoms with Crippen molar-refractivity contribution < 1.29 is 14.3 Å². The molecule has 2 rings (SSSR count). The first-order valence-electron chi connectivity index (χ1n) is 8.25. The molecule has 0 spiro atoms. The van der Waals surface area contributed by atoms with E-state index < -0.39 is 0 Å². The highest BCUT2D eigenvalue weighted by molar-refractivity contribution is 5.87. The summed E-state index contributed by atoms with van der Waals surface area (Å²) in [5.74, 6) is -0.638. The number of hydrogen-bond donors (Lipinski definition) is 1. The maximum absolute atomic E-state index is 12.7. The van der Waals surface area contributed by atoms with Gasteiger partial charge in [0.2, 0.25) is 5.91 Å². The zero-order valence-corrected chi connectivity index (χ0v) is 13.9. The third kappa shape index (κ3) is 5.23. The molecular weight excluding hydrogens is 302 g/mol. The van der Waals surface area contributed by atoms with Crippen LogP contribution in [-0.2, 0) is 14.3 Å². The van der Waals surface area contributed by atoms with Gasteiger partial charge in [0.15, 0.2) is 0 Å². The lowest BCUT2D eigenvalue weighted by Gasteiger charge is -2.17. The van der Waals surface area contributed by atoms with Gasteiger partial charge in [0.1, 0.15) is 0 Å². The summed E-state index contributed by atoms with van der Waals surface area (Å²) in [6.07, 6.45) is 0.885. The molecule has 0 saturated heterocycles. The Morgan fingerprint density at radius 1 is 0.958 bits per heavy atom. The van der Waals surface area contributed by atoms with Gasteiger partial charge in [-0.15, -0.1) is 0 Å². The second kappa shape index (κ2) is 9.50. The average Bonchev–Trinajstić information content (AvgIpc) is 2.61. The maximum Gasteiger partial charge on any atom is 0.305 e. The molecule has 2 aromatic carbocycles. The van der Waals surface area contributed by atoms with E-state index in [1.165, 1.54) is 0 Å². The van der Waals surface area contributed by atoms with E-state index in [-0.39, 0.29) is 17.8 Å². The van der Waals surface area contributed by atoms with E-state index in [9.17, 15) is 9.59 Å². The summed E-state index contributed by atoms with van der Waals surface area (Å²) >= 11 is 0. The molecule has 0 aliphatic carbocycles. The highest BCUT2D eigenvalue weighted by Gasteiger charge is 2.22. The van der Waals surface area contributed by atoms with Gasteiger partial charge in [0.05, 0.1) is 12.5 Å². The highest BCUT2D eigenvalue weighted by atomic mass is 16.5. The van der Waals surface area contributed by atoms with Gasteiger partial charge in [-0.2, -0.15) is 0 Å². The van der Waals surface area contributed by atoms with Crippen molar-refractivity contribution in [2.75, 3.05) is 13.2 Å². The molecule has 0 saturated carbocycles. The fourth-order valence-corrected chi connectivity index (χ4v) is 2.57. The fraction of sp³-hybridized carbons (Fsp3) is 0.300. The number of hydrogen-bond acceptors (Lipinski definition) is 3. The van der Waals surface area contributed by atoms with Crippen LogP contribution in [0.1, 0.15) is 36.8 Å². The van der Waals surface area contributed by atoms with Gasteiger partial charge in [-0.1, -0.05) is 60.7 Å². The topological polar surface area (TPSA) is 55.4 Å². The molecule has 0 fully saturated rings. The third-order valence-electron chi connectivity index (χ3n) is 3.69. The minimum atomic E-state index is -0.352. The summed E-state index contributed by atoms with van der Waals surface area (Å²) in [6.45, 7) is 2.62. The monoisotopic (exact) mass is 325 g/mol. The van der Waals surface area contributed by atoms with Gasteiger partial charge in [0.25, 0.3) is 0 Å². The van der Waals surface area contributed by atoms with E-state index in [0.29, 0.717) is 26.0 Å². The number of ether oxygens (including phenoxy) is 1. The quantitative estimate of drug-likeness (QED) is 0.598. The summed E-state index contributed by atoms with van der Waals surface area (Å²) in [5, 5.41) is 2.93. The number of benzene rings is 2. The zero-order valence-electron chi connectivity index (χ0n) is 13.9. The maximum atomic E-state index is 12.7. The number of nitrogens with one attached hydrogen (secondary N) is 1. The van der Waals surface area contributed by atoms with Gasteiger partial charge in [0, 0.05) is 13.0 Å². The fourth-order valence-electron chi connectivity index (χ4n) is 2.57. The van der Waals surface area contributed by atoms with Crippen LogP contribution in [0.25, 0.3) is 0 Å². The number of rotatable bonds is 8. The Bertz CT molecular complexity index is 601. The lowest BCUT2D eigenvalue weighted by atomic mass is 9.90. The second-order valence-electron chi connectivity index (χ2n) is 5.45. The molecule has 0 aliphatic rings. The average molecular weight is 325 g/mol. The van der Waals surface area contributed by atoms with Gasteiger partial charge >= 0.3 is 5.97 Å². The van der Waals surface area contributed by atoms with Gasteiger partial charge in [-0.05, 0) is 24.5 Å². The zero-order chi connectivity index (χ0) is 17.2. The van der Waals surface area contributed by atoms with Crippen molar-refractivity contribution in [3.05, 3.63) is 71.8 Å². The lowest BCUT2D eigenvalue weighted by Crippen LogP contribution is -2.31. The minimum Gasteiger partial charge on any atom is -0.466 e. The molecule has 4 nitrogen and oxygen atoms in total. The van der Waals surface area contributed by atoms with E-state index in [1.807, 2.05) is 60.7 Å². The normalized spacial score (nSPS) is 10.4. The smallest absolute Gasteiger partial charge is 0.305 e. The van der Waals surface area contributed by atoms with E-state index in [4.69, 9.17) is 4.74 Å². The van der Waals surface area contributed by atoms with Gasteiger partial charge < -0.3 is 10.1 Å². The molecule has 1 N–H and O–H groups in total. The predicted octanol–water partition coefficient (Wildman–Crippen LogP) is 3.28. The molecule has 24 heavy (non-hydrogen) atoms. The molecular formula is C20H23NO3. The van der Waals surface area contributed by atoms with E-state index in [0.717, 1.165) is 11.1 Å². The summed E-state index contributed by atoms with van der Waals surface area (Å²) in [7, 11) is 0. The van der Waals surface area contributed by atoms with Crippen LogP contribution in [0, 0.1) is 0 Å². The number of amides is 1. The summed E-state index contributed by atoms with van der Waals surface area (Å²) in [6, 6.07) is 19.4. The third-order valence-corrected chi connectivity index (χ3v) is 3.69.